The topological polar surface area (TPSA) is 396 Å². The summed E-state index contributed by atoms with van der Waals surface area (Å²) < 4.78 is 69.3. The molecule has 4 bridgehead atoms. The van der Waals surface area contributed by atoms with Crippen LogP contribution >= 0.6 is 11.3 Å². The molecule has 3 unspecified atom stereocenters. The van der Waals surface area contributed by atoms with Gasteiger partial charge in [0.15, 0.2) is 16.9 Å². The first kappa shape index (κ1) is 67.5. The molecule has 94 heavy (non-hydrogen) atoms. The Labute approximate surface area is 545 Å². The number of nitrogens with two attached hydrogens (primary N) is 1. The molecule has 3 aromatic heterocycles. The zero-order valence-corrected chi connectivity index (χ0v) is 53.9. The summed E-state index contributed by atoms with van der Waals surface area (Å²) in [5.74, 6) is -4.31. The molecule has 4 saturated carbocycles. The van der Waals surface area contributed by atoms with Gasteiger partial charge in [0, 0.05) is 73.8 Å². The van der Waals surface area contributed by atoms with E-state index in [1.165, 1.54) is 34.4 Å². The summed E-state index contributed by atoms with van der Waals surface area (Å²) in [7, 11) is -2.90. The number of aliphatic carboxylic acids is 1. The molecule has 5 heterocycles. The van der Waals surface area contributed by atoms with Gasteiger partial charge in [0.1, 0.15) is 54.9 Å². The van der Waals surface area contributed by atoms with Crippen LogP contribution in [-0.4, -0.2) is 194 Å². The minimum atomic E-state index is -4.47. The molecule has 504 valence electrons. The lowest BCUT2D eigenvalue weighted by Crippen LogP contribution is -2.64. The molecule has 5 fully saturated rings. The lowest BCUT2D eigenvalue weighted by atomic mass is 9.39. The number of pyridine rings is 1. The molecular weight excluding hydrogens is 1260 g/mol. The summed E-state index contributed by atoms with van der Waals surface area (Å²) >= 11 is 1.40. The molecular formula is C64H77N9O19S2. The van der Waals surface area contributed by atoms with E-state index in [0.717, 1.165) is 65.6 Å². The zero-order chi connectivity index (χ0) is 67.1. The van der Waals surface area contributed by atoms with Crippen molar-refractivity contribution in [3.8, 4) is 22.6 Å². The molecule has 8 atom stereocenters. The average molecular weight is 1340 g/mol. The van der Waals surface area contributed by atoms with Crippen molar-refractivity contribution in [3.63, 3.8) is 0 Å². The molecule has 0 radical (unpaired) electrons. The van der Waals surface area contributed by atoms with Gasteiger partial charge in [-0.1, -0.05) is 49.4 Å². The molecule has 10 N–H and O–H groups in total. The summed E-state index contributed by atoms with van der Waals surface area (Å²) in [5.41, 5.74) is 9.84. The van der Waals surface area contributed by atoms with Crippen LogP contribution in [0.1, 0.15) is 95.6 Å². The number of rotatable bonds is 26. The standard InChI is InChI=1S/C64H77N9O19S2/c1-36-42(40-14-15-48(69-49(40)56(79)80)72-18-16-37-8-7-9-41(43(37)26-72)54(77)70-59-68-45-10-5-6-11-47(45)93-59)25-67-73(36)35-63-30-61(2)29-62(3,31-63)33-64(32-61,34-63)90-21-19-71(4)60(83)89-27-38-12-13-39(88-23-22-87-20-17-66-55(78)44(65)28-94(84,85)86)24-46(38)91-58-52(76)50(74)51(75)53(92-58)57(81)82/h5-15,24-25,44,50-53,58,74-76H,16-23,26-35,65H2,1-4H3,(H,66,78)(H,79,80)(H,81,82)(H,68,70,77)(H,84,85,86)/t44?,50-,51-,52+,53-,58+,61?,62?,63?,64?/m0/s1. The number of anilines is 2. The lowest BCUT2D eigenvalue weighted by Gasteiger charge is -2.69. The number of para-hydroxylation sites is 1. The van der Waals surface area contributed by atoms with Gasteiger partial charge >= 0.3 is 18.0 Å². The summed E-state index contributed by atoms with van der Waals surface area (Å²) in [6.45, 7) is 7.90. The summed E-state index contributed by atoms with van der Waals surface area (Å²) in [4.78, 5) is 77.3. The largest absolute Gasteiger partial charge is 0.491 e. The minimum Gasteiger partial charge on any atom is -0.491 e. The minimum absolute atomic E-state index is 0.00777. The number of amides is 3. The Morgan fingerprint density at radius 3 is 2.38 bits per heavy atom. The maximum atomic E-state index is 13.8. The Morgan fingerprint density at radius 2 is 1.65 bits per heavy atom. The number of hydrogen-bond acceptors (Lipinski definition) is 22. The van der Waals surface area contributed by atoms with Gasteiger partial charge in [0.25, 0.3) is 16.0 Å². The number of fused-ring (bicyclic) bond motifs is 2. The number of aliphatic hydroxyl groups excluding tert-OH is 3. The number of nitrogens with one attached hydrogen (secondary N) is 2. The van der Waals surface area contributed by atoms with Crippen molar-refractivity contribution in [2.24, 2.45) is 22.0 Å². The van der Waals surface area contributed by atoms with Crippen LogP contribution in [0.4, 0.5) is 15.7 Å². The number of aromatic carboxylic acids is 1. The second-order valence-corrected chi connectivity index (χ2v) is 28.7. The number of carbonyl (C=O) groups excluding carboxylic acids is 3. The maximum Gasteiger partial charge on any atom is 0.409 e. The molecule has 28 nitrogen and oxygen atoms in total. The number of carboxylic acid groups (broad SMARTS) is 2. The second-order valence-electron chi connectivity index (χ2n) is 26.1. The quantitative estimate of drug-likeness (QED) is 0.0261. The van der Waals surface area contributed by atoms with E-state index in [4.69, 9.17) is 48.8 Å². The number of carboxylic acids is 2. The van der Waals surface area contributed by atoms with Crippen LogP contribution < -0.4 is 30.7 Å². The smallest absolute Gasteiger partial charge is 0.409 e. The number of hydrogen-bond donors (Lipinski definition) is 9. The van der Waals surface area contributed by atoms with Crippen LogP contribution in [0, 0.1) is 23.2 Å². The predicted octanol–water partition coefficient (Wildman–Crippen LogP) is 4.78. The third-order valence-corrected chi connectivity index (χ3v) is 20.1. The fourth-order valence-electron chi connectivity index (χ4n) is 15.3. The third-order valence-electron chi connectivity index (χ3n) is 18.3. The molecule has 2 aliphatic heterocycles. The summed E-state index contributed by atoms with van der Waals surface area (Å²) in [6.07, 6.45) is -2.76. The van der Waals surface area contributed by atoms with Gasteiger partial charge in [0.05, 0.1) is 47.6 Å². The van der Waals surface area contributed by atoms with Gasteiger partial charge in [-0.25, -0.2) is 24.4 Å². The van der Waals surface area contributed by atoms with Crippen molar-refractivity contribution in [2.45, 2.75) is 128 Å². The Hall–Kier alpha value is -7.91. The van der Waals surface area contributed by atoms with Crippen molar-refractivity contribution in [2.75, 3.05) is 69.1 Å². The third kappa shape index (κ3) is 14.9. The van der Waals surface area contributed by atoms with Crippen molar-refractivity contribution in [3.05, 3.63) is 113 Å². The van der Waals surface area contributed by atoms with Gasteiger partial charge in [-0.3, -0.25) is 24.1 Å². The molecule has 6 aromatic rings. The molecule has 12 rings (SSSR count). The molecule has 0 spiro atoms. The normalized spacial score (nSPS) is 25.7. The van der Waals surface area contributed by atoms with E-state index in [2.05, 4.69) is 29.5 Å². The SMILES string of the molecule is Cc1c(-c2ccc(N3CCc4cccc(C(=O)Nc5nc6ccccc6s5)c4C3)nc2C(=O)O)cnn1CC12CC3(C)CC(C)(C1)CC(OCCN(C)C(=O)OCc1ccc(OCCOCCNC(=O)C(N)CS(=O)(=O)O)cc1O[C@@H]1O[C@H](C(=O)O)[C@@H](O)[C@H](O)[C@H]1O)(C3)C2. The molecule has 1 saturated heterocycles. The number of benzene rings is 3. The van der Waals surface area contributed by atoms with Gasteiger partial charge in [-0.15, -0.1) is 0 Å². The maximum absolute atomic E-state index is 13.8. The van der Waals surface area contributed by atoms with Gasteiger partial charge in [0.2, 0.25) is 12.2 Å². The van der Waals surface area contributed by atoms with E-state index < -0.39 is 88.8 Å². The number of carbonyl (C=O) groups is 5. The van der Waals surface area contributed by atoms with E-state index in [0.29, 0.717) is 53.7 Å². The summed E-state index contributed by atoms with van der Waals surface area (Å²) in [5, 5.41) is 62.8. The first-order chi connectivity index (χ1) is 44.6. The number of aliphatic hydroxyl groups is 3. The molecule has 4 aliphatic carbocycles. The van der Waals surface area contributed by atoms with E-state index in [1.807, 2.05) is 59.0 Å². The highest BCUT2D eigenvalue weighted by Crippen LogP contribution is 2.72. The van der Waals surface area contributed by atoms with E-state index in [9.17, 15) is 57.9 Å². The van der Waals surface area contributed by atoms with Crippen molar-refractivity contribution in [1.29, 1.82) is 0 Å². The molecule has 30 heteroatoms. The van der Waals surface area contributed by atoms with Crippen LogP contribution in [0.25, 0.3) is 21.3 Å². The first-order valence-electron chi connectivity index (χ1n) is 30.8. The second kappa shape index (κ2) is 27.1. The number of aromatic nitrogens is 4. The molecule has 6 aliphatic rings. The monoisotopic (exact) mass is 1340 g/mol. The van der Waals surface area contributed by atoms with E-state index >= 15 is 0 Å². The van der Waals surface area contributed by atoms with Crippen molar-refractivity contribution < 1.29 is 90.9 Å². The number of ether oxygens (including phenoxy) is 6. The van der Waals surface area contributed by atoms with Crippen LogP contribution in [0.3, 0.4) is 0 Å². The Balaban J connectivity index is 0.715. The first-order valence-corrected chi connectivity index (χ1v) is 33.3. The lowest BCUT2D eigenvalue weighted by molar-refractivity contribution is -0.271. The van der Waals surface area contributed by atoms with Crippen molar-refractivity contribution >= 4 is 72.5 Å². The van der Waals surface area contributed by atoms with Crippen LogP contribution in [0.2, 0.25) is 0 Å². The van der Waals surface area contributed by atoms with E-state index in [-0.39, 0.29) is 84.4 Å². The van der Waals surface area contributed by atoms with Gasteiger partial charge in [-0.05, 0) is 122 Å². The van der Waals surface area contributed by atoms with Crippen LogP contribution in [-0.2, 0) is 64.8 Å². The number of thiazole rings is 1. The Bertz CT molecular complexity index is 3930. The number of likely N-dealkylation sites (N-methyl/N-ethyl adjacent to an activating group) is 1. The Kier molecular flexibility index (Phi) is 19.4. The molecule has 3 aromatic carbocycles. The highest BCUT2D eigenvalue weighted by molar-refractivity contribution is 7.85. The van der Waals surface area contributed by atoms with Crippen LogP contribution in [0.15, 0.2) is 79.0 Å². The van der Waals surface area contributed by atoms with Gasteiger partial charge in [-0.2, -0.15) is 13.5 Å². The number of nitrogens with zero attached hydrogens (tertiary/aromatic N) is 6. The Morgan fingerprint density at radius 1 is 0.883 bits per heavy atom. The molecule has 3 amide bonds. The fourth-order valence-corrected chi connectivity index (χ4v) is 16.8. The van der Waals surface area contributed by atoms with Crippen molar-refractivity contribution in [1.82, 2.24) is 30.0 Å². The van der Waals surface area contributed by atoms with Gasteiger partial charge < -0.3 is 74.8 Å². The fraction of sp³-hybridized carbons (Fsp3) is 0.500. The zero-order valence-electron chi connectivity index (χ0n) is 52.3. The van der Waals surface area contributed by atoms with E-state index in [1.54, 1.807) is 25.4 Å². The average Bonchev–Trinajstić information content (AvgIpc) is 0.723. The van der Waals surface area contributed by atoms with Crippen LogP contribution in [0.5, 0.6) is 11.5 Å². The highest BCUT2D eigenvalue weighted by Gasteiger charge is 2.66. The summed E-state index contributed by atoms with van der Waals surface area (Å²) in [6, 6.07) is 19.9. The highest BCUT2D eigenvalue weighted by atomic mass is 32.2. The predicted molar refractivity (Wildman–Crippen MR) is 339 cm³/mol.